The molecule has 0 saturated heterocycles. The van der Waals surface area contributed by atoms with Crippen molar-refractivity contribution in [2.75, 3.05) is 13.1 Å². The zero-order chi connectivity index (χ0) is 19.8. The maximum Gasteiger partial charge on any atom is 0.257 e. The van der Waals surface area contributed by atoms with Crippen molar-refractivity contribution < 1.29 is 14.0 Å². The van der Waals surface area contributed by atoms with Crippen molar-refractivity contribution in [3.8, 4) is 0 Å². The number of hydrogen-bond acceptors (Lipinski definition) is 3. The van der Waals surface area contributed by atoms with Crippen molar-refractivity contribution in [3.05, 3.63) is 59.0 Å². The second-order valence-corrected chi connectivity index (χ2v) is 7.32. The molecule has 1 N–H and O–H groups in total. The van der Waals surface area contributed by atoms with Gasteiger partial charge in [0.2, 0.25) is 5.91 Å². The number of nitrogens with zero attached hydrogens (tertiary/aromatic N) is 1. The first-order valence-corrected chi connectivity index (χ1v) is 9.53. The summed E-state index contributed by atoms with van der Waals surface area (Å²) in [7, 11) is 0. The van der Waals surface area contributed by atoms with Crippen LogP contribution in [0.4, 0.5) is 0 Å². The lowest BCUT2D eigenvalue weighted by Crippen LogP contribution is -2.35. The molecule has 1 aromatic carbocycles. The van der Waals surface area contributed by atoms with Gasteiger partial charge in [0, 0.05) is 26.1 Å². The maximum absolute atomic E-state index is 13.0. The van der Waals surface area contributed by atoms with Gasteiger partial charge in [-0.25, -0.2) is 0 Å². The molecule has 0 atom stereocenters. The summed E-state index contributed by atoms with van der Waals surface area (Å²) in [5.41, 5.74) is 1.59. The molecule has 2 rings (SSSR count). The van der Waals surface area contributed by atoms with Gasteiger partial charge in [0.15, 0.2) is 0 Å². The number of nitrogens with one attached hydrogen (secondary N) is 1. The Morgan fingerprint density at radius 2 is 1.85 bits per heavy atom. The highest BCUT2D eigenvalue weighted by molar-refractivity contribution is 5.95. The predicted molar refractivity (Wildman–Crippen MR) is 106 cm³/mol. The van der Waals surface area contributed by atoms with Gasteiger partial charge < -0.3 is 14.6 Å². The van der Waals surface area contributed by atoms with Crippen LogP contribution < -0.4 is 5.32 Å². The standard InChI is InChI=1S/C22H30N2O3/c1-16(2)10-12-23-21(25)11-13-24(15-19-8-6-5-7-9-19)22(26)20-14-17(3)27-18(20)4/h5-9,14,16H,10-13,15H2,1-4H3,(H,23,25). The minimum atomic E-state index is -0.108. The lowest BCUT2D eigenvalue weighted by Gasteiger charge is -2.22. The lowest BCUT2D eigenvalue weighted by atomic mass is 10.1. The van der Waals surface area contributed by atoms with E-state index in [0.717, 1.165) is 12.0 Å². The number of carbonyl (C=O) groups is 2. The maximum atomic E-state index is 13.0. The van der Waals surface area contributed by atoms with Crippen LogP contribution in [0.2, 0.25) is 0 Å². The molecule has 0 aliphatic carbocycles. The molecule has 5 heteroatoms. The molecule has 0 bridgehead atoms. The van der Waals surface area contributed by atoms with Crippen molar-refractivity contribution in [1.29, 1.82) is 0 Å². The van der Waals surface area contributed by atoms with Crippen LogP contribution in [-0.4, -0.2) is 29.8 Å². The highest BCUT2D eigenvalue weighted by Gasteiger charge is 2.21. The van der Waals surface area contributed by atoms with Crippen LogP contribution in [0.1, 0.15) is 54.1 Å². The van der Waals surface area contributed by atoms with Crippen LogP contribution in [0.25, 0.3) is 0 Å². The molecule has 27 heavy (non-hydrogen) atoms. The molecule has 146 valence electrons. The van der Waals surface area contributed by atoms with E-state index in [0.29, 0.717) is 42.6 Å². The first-order chi connectivity index (χ1) is 12.9. The van der Waals surface area contributed by atoms with E-state index >= 15 is 0 Å². The quantitative estimate of drug-likeness (QED) is 0.723. The van der Waals surface area contributed by atoms with E-state index in [2.05, 4.69) is 19.2 Å². The second-order valence-electron chi connectivity index (χ2n) is 7.32. The molecule has 0 fully saturated rings. The van der Waals surface area contributed by atoms with Gasteiger partial charge in [-0.2, -0.15) is 0 Å². The summed E-state index contributed by atoms with van der Waals surface area (Å²) in [6.07, 6.45) is 1.23. The Labute approximate surface area is 161 Å². The summed E-state index contributed by atoms with van der Waals surface area (Å²) in [6.45, 7) is 9.37. The fraction of sp³-hybridized carbons (Fsp3) is 0.455. The average Bonchev–Trinajstić information content (AvgIpc) is 2.96. The fourth-order valence-corrected chi connectivity index (χ4v) is 2.89. The Balaban J connectivity index is 2.04. The average molecular weight is 370 g/mol. The van der Waals surface area contributed by atoms with Crippen LogP contribution >= 0.6 is 0 Å². The topological polar surface area (TPSA) is 62.6 Å². The molecule has 1 aromatic heterocycles. The molecule has 2 aromatic rings. The summed E-state index contributed by atoms with van der Waals surface area (Å²) >= 11 is 0. The van der Waals surface area contributed by atoms with Crippen molar-refractivity contribution in [1.82, 2.24) is 10.2 Å². The lowest BCUT2D eigenvalue weighted by molar-refractivity contribution is -0.121. The first kappa shape index (κ1) is 20.7. The number of aryl methyl sites for hydroxylation is 2. The van der Waals surface area contributed by atoms with Gasteiger partial charge in [0.05, 0.1) is 5.56 Å². The molecule has 0 radical (unpaired) electrons. The van der Waals surface area contributed by atoms with Crippen LogP contribution in [0.15, 0.2) is 40.8 Å². The molecule has 0 aliphatic rings. The van der Waals surface area contributed by atoms with E-state index in [-0.39, 0.29) is 18.2 Å². The van der Waals surface area contributed by atoms with Crippen molar-refractivity contribution in [2.24, 2.45) is 5.92 Å². The third-order valence-corrected chi connectivity index (χ3v) is 4.43. The molecule has 1 heterocycles. The molecule has 2 amide bonds. The molecule has 0 saturated carbocycles. The third-order valence-electron chi connectivity index (χ3n) is 4.43. The highest BCUT2D eigenvalue weighted by Crippen LogP contribution is 2.18. The van der Waals surface area contributed by atoms with Crippen molar-refractivity contribution in [2.45, 2.75) is 47.1 Å². The van der Waals surface area contributed by atoms with Gasteiger partial charge in [-0.15, -0.1) is 0 Å². The Hall–Kier alpha value is -2.56. The fourth-order valence-electron chi connectivity index (χ4n) is 2.89. The van der Waals surface area contributed by atoms with Gasteiger partial charge in [0.1, 0.15) is 11.5 Å². The minimum Gasteiger partial charge on any atom is -0.466 e. The largest absolute Gasteiger partial charge is 0.466 e. The SMILES string of the molecule is Cc1cc(C(=O)N(CCC(=O)NCCC(C)C)Cc2ccccc2)c(C)o1. The number of rotatable bonds is 9. The van der Waals surface area contributed by atoms with Crippen molar-refractivity contribution in [3.63, 3.8) is 0 Å². The molecule has 5 nitrogen and oxygen atoms in total. The van der Waals surface area contributed by atoms with Crippen LogP contribution in [-0.2, 0) is 11.3 Å². The van der Waals surface area contributed by atoms with Gasteiger partial charge in [-0.05, 0) is 37.8 Å². The van der Waals surface area contributed by atoms with E-state index in [1.54, 1.807) is 17.9 Å². The Kier molecular flexibility index (Phi) is 7.65. The number of amides is 2. The number of furan rings is 1. The monoisotopic (exact) mass is 370 g/mol. The number of carbonyl (C=O) groups excluding carboxylic acids is 2. The predicted octanol–water partition coefficient (Wildman–Crippen LogP) is 4.09. The highest BCUT2D eigenvalue weighted by atomic mass is 16.3. The summed E-state index contributed by atoms with van der Waals surface area (Å²) in [6, 6.07) is 11.6. The van der Waals surface area contributed by atoms with Crippen LogP contribution in [0.5, 0.6) is 0 Å². The second kappa shape index (κ2) is 9.95. The van der Waals surface area contributed by atoms with E-state index in [9.17, 15) is 9.59 Å². The Morgan fingerprint density at radius 3 is 2.44 bits per heavy atom. The van der Waals surface area contributed by atoms with E-state index in [1.807, 2.05) is 37.3 Å². The molecule has 0 unspecified atom stereocenters. The van der Waals surface area contributed by atoms with Gasteiger partial charge in [-0.3, -0.25) is 9.59 Å². The Morgan fingerprint density at radius 1 is 1.15 bits per heavy atom. The molecule has 0 spiro atoms. The summed E-state index contributed by atoms with van der Waals surface area (Å²) in [5.74, 6) is 1.73. The van der Waals surface area contributed by atoms with Crippen molar-refractivity contribution >= 4 is 11.8 Å². The minimum absolute atomic E-state index is 0.0263. The van der Waals surface area contributed by atoms with Gasteiger partial charge in [0.25, 0.3) is 5.91 Å². The molecule has 0 aliphatic heterocycles. The summed E-state index contributed by atoms with van der Waals surface area (Å²) in [5, 5.41) is 2.93. The van der Waals surface area contributed by atoms with E-state index < -0.39 is 0 Å². The van der Waals surface area contributed by atoms with E-state index in [1.165, 1.54) is 0 Å². The summed E-state index contributed by atoms with van der Waals surface area (Å²) < 4.78 is 5.51. The third kappa shape index (κ3) is 6.59. The molecular formula is C22H30N2O3. The zero-order valence-corrected chi connectivity index (χ0v) is 16.7. The number of hydrogen-bond donors (Lipinski definition) is 1. The summed E-state index contributed by atoms with van der Waals surface area (Å²) in [4.78, 5) is 26.9. The van der Waals surface area contributed by atoms with E-state index in [4.69, 9.17) is 4.42 Å². The smallest absolute Gasteiger partial charge is 0.257 e. The number of benzene rings is 1. The van der Waals surface area contributed by atoms with Gasteiger partial charge >= 0.3 is 0 Å². The van der Waals surface area contributed by atoms with Gasteiger partial charge in [-0.1, -0.05) is 44.2 Å². The van der Waals surface area contributed by atoms with Crippen LogP contribution in [0.3, 0.4) is 0 Å². The van der Waals surface area contributed by atoms with Crippen LogP contribution in [0, 0.1) is 19.8 Å². The first-order valence-electron chi connectivity index (χ1n) is 9.53. The normalized spacial score (nSPS) is 10.9. The molecular weight excluding hydrogens is 340 g/mol. The Bertz CT molecular complexity index is 750. The zero-order valence-electron chi connectivity index (χ0n) is 16.7.